The summed E-state index contributed by atoms with van der Waals surface area (Å²) in [5.41, 5.74) is 0. The Balaban J connectivity index is 3.28. The molecule has 0 atom stereocenters. The van der Waals surface area contributed by atoms with E-state index in [1.165, 1.54) is 11.8 Å². The molecular weight excluding hydrogens is 134 g/mol. The average Bonchev–Trinajstić information content (AvgIpc) is 1.82. The number of carbonyl (C=O) groups is 1. The van der Waals surface area contributed by atoms with Crippen molar-refractivity contribution in [1.29, 1.82) is 0 Å². The van der Waals surface area contributed by atoms with Crippen molar-refractivity contribution in [2.24, 2.45) is 0 Å². The van der Waals surface area contributed by atoms with Crippen LogP contribution >= 0.6 is 11.8 Å². The maximum Gasteiger partial charge on any atom is 0.281 e. The Morgan fingerprint density at radius 3 is 2.56 bits per heavy atom. The molecule has 0 heterocycles. The second kappa shape index (κ2) is 4.68. The molecule has 0 saturated heterocycles. The standard InChI is InChI=1S/C6H12NOS/c1-4-5-9-6(8)7(2)3/h5H,4H2,1-3H3. The molecule has 0 aromatic carbocycles. The second-order valence-electron chi connectivity index (χ2n) is 1.85. The summed E-state index contributed by atoms with van der Waals surface area (Å²) in [6.07, 6.45) is 0.935. The van der Waals surface area contributed by atoms with E-state index >= 15 is 0 Å². The Morgan fingerprint density at radius 1 is 1.67 bits per heavy atom. The van der Waals surface area contributed by atoms with Crippen molar-refractivity contribution in [3.63, 3.8) is 0 Å². The van der Waals surface area contributed by atoms with Gasteiger partial charge in [-0.2, -0.15) is 0 Å². The highest BCUT2D eigenvalue weighted by molar-refractivity contribution is 8.15. The third kappa shape index (κ3) is 4.33. The third-order valence-electron chi connectivity index (χ3n) is 0.716. The van der Waals surface area contributed by atoms with Crippen LogP contribution in [0.4, 0.5) is 4.79 Å². The smallest absolute Gasteiger partial charge is 0.281 e. The first-order chi connectivity index (χ1) is 4.18. The maximum absolute atomic E-state index is 10.8. The number of nitrogens with zero attached hydrogens (tertiary/aromatic N) is 1. The van der Waals surface area contributed by atoms with E-state index in [1.807, 2.05) is 12.7 Å². The predicted molar refractivity (Wildman–Crippen MR) is 41.3 cm³/mol. The summed E-state index contributed by atoms with van der Waals surface area (Å²) in [6, 6.07) is 0. The number of hydrogen-bond acceptors (Lipinski definition) is 2. The average molecular weight is 146 g/mol. The molecule has 3 heteroatoms. The fourth-order valence-corrected chi connectivity index (χ4v) is 0.780. The molecule has 1 amide bonds. The molecule has 0 bridgehead atoms. The third-order valence-corrected chi connectivity index (χ3v) is 1.78. The molecule has 53 valence electrons. The van der Waals surface area contributed by atoms with Crippen LogP contribution in [0.2, 0.25) is 0 Å². The minimum atomic E-state index is 0.0943. The quantitative estimate of drug-likeness (QED) is 0.593. The van der Waals surface area contributed by atoms with E-state index in [0.717, 1.165) is 6.42 Å². The van der Waals surface area contributed by atoms with Crippen LogP contribution in [-0.4, -0.2) is 24.2 Å². The van der Waals surface area contributed by atoms with E-state index < -0.39 is 0 Å². The molecule has 0 spiro atoms. The van der Waals surface area contributed by atoms with Crippen molar-refractivity contribution in [2.75, 3.05) is 14.1 Å². The lowest BCUT2D eigenvalue weighted by Gasteiger charge is -2.07. The number of amides is 1. The van der Waals surface area contributed by atoms with Crippen LogP contribution in [0.25, 0.3) is 0 Å². The van der Waals surface area contributed by atoms with Gasteiger partial charge in [0.25, 0.3) is 5.24 Å². The van der Waals surface area contributed by atoms with Gasteiger partial charge in [0, 0.05) is 19.8 Å². The molecule has 0 aliphatic rings. The summed E-state index contributed by atoms with van der Waals surface area (Å²) in [5.74, 6) is 1.89. The molecule has 0 aliphatic carbocycles. The molecule has 0 unspecified atom stereocenters. The van der Waals surface area contributed by atoms with Crippen molar-refractivity contribution in [2.45, 2.75) is 13.3 Å². The lowest BCUT2D eigenvalue weighted by Crippen LogP contribution is -2.15. The Morgan fingerprint density at radius 2 is 2.22 bits per heavy atom. The van der Waals surface area contributed by atoms with Crippen molar-refractivity contribution in [3.8, 4) is 0 Å². The van der Waals surface area contributed by atoms with E-state index in [4.69, 9.17) is 0 Å². The largest absolute Gasteiger partial charge is 0.340 e. The predicted octanol–water partition coefficient (Wildman–Crippen LogP) is 1.97. The molecule has 1 radical (unpaired) electrons. The van der Waals surface area contributed by atoms with Gasteiger partial charge < -0.3 is 4.90 Å². The Kier molecular flexibility index (Phi) is 4.58. The van der Waals surface area contributed by atoms with E-state index in [-0.39, 0.29) is 5.24 Å². The highest BCUT2D eigenvalue weighted by Gasteiger charge is 2.01. The molecule has 0 saturated carbocycles. The molecule has 0 rings (SSSR count). The number of carbonyl (C=O) groups excluding carboxylic acids is 1. The lowest BCUT2D eigenvalue weighted by atomic mass is 10.6. The summed E-state index contributed by atoms with van der Waals surface area (Å²) < 4.78 is 0. The first kappa shape index (κ1) is 8.82. The van der Waals surface area contributed by atoms with Gasteiger partial charge in [0.1, 0.15) is 0 Å². The topological polar surface area (TPSA) is 20.3 Å². The molecule has 0 aromatic rings. The summed E-state index contributed by atoms with van der Waals surface area (Å²) >= 11 is 1.25. The SMILES string of the molecule is CC[CH]SC(=O)N(C)C. The van der Waals surface area contributed by atoms with E-state index in [2.05, 4.69) is 0 Å². The van der Waals surface area contributed by atoms with E-state index in [1.54, 1.807) is 19.0 Å². The Bertz CT molecular complexity index is 93.1. The summed E-state index contributed by atoms with van der Waals surface area (Å²) in [6.45, 7) is 2.01. The minimum absolute atomic E-state index is 0.0943. The van der Waals surface area contributed by atoms with Crippen molar-refractivity contribution < 1.29 is 4.79 Å². The van der Waals surface area contributed by atoms with Gasteiger partial charge in [0.15, 0.2) is 0 Å². The van der Waals surface area contributed by atoms with Crippen LogP contribution in [0.15, 0.2) is 0 Å². The fraction of sp³-hybridized carbons (Fsp3) is 0.667. The fourth-order valence-electron chi connectivity index (χ4n) is 0.260. The zero-order valence-corrected chi connectivity index (χ0v) is 6.86. The second-order valence-corrected chi connectivity index (χ2v) is 2.77. The van der Waals surface area contributed by atoms with Gasteiger partial charge in [-0.1, -0.05) is 18.7 Å². The summed E-state index contributed by atoms with van der Waals surface area (Å²) in [5, 5.41) is 0.0943. The Labute approximate surface area is 60.6 Å². The Hall–Kier alpha value is -0.180. The van der Waals surface area contributed by atoms with Gasteiger partial charge in [0.05, 0.1) is 0 Å². The van der Waals surface area contributed by atoms with Gasteiger partial charge in [-0.05, 0) is 6.42 Å². The van der Waals surface area contributed by atoms with Gasteiger partial charge in [-0.25, -0.2) is 0 Å². The maximum atomic E-state index is 10.8. The van der Waals surface area contributed by atoms with Crippen LogP contribution < -0.4 is 0 Å². The van der Waals surface area contributed by atoms with Crippen LogP contribution in [0.5, 0.6) is 0 Å². The van der Waals surface area contributed by atoms with Crippen LogP contribution in [-0.2, 0) is 0 Å². The van der Waals surface area contributed by atoms with Gasteiger partial charge in [0.2, 0.25) is 0 Å². The summed E-state index contributed by atoms with van der Waals surface area (Å²) in [7, 11) is 3.50. The zero-order valence-electron chi connectivity index (χ0n) is 6.05. The molecule has 9 heavy (non-hydrogen) atoms. The number of thioether (sulfide) groups is 1. The first-order valence-electron chi connectivity index (χ1n) is 2.88. The van der Waals surface area contributed by atoms with Crippen molar-refractivity contribution in [1.82, 2.24) is 4.90 Å². The monoisotopic (exact) mass is 146 g/mol. The number of hydrogen-bond donors (Lipinski definition) is 0. The zero-order chi connectivity index (χ0) is 7.28. The van der Waals surface area contributed by atoms with Gasteiger partial charge >= 0.3 is 0 Å². The normalized spacial score (nSPS) is 9.22. The van der Waals surface area contributed by atoms with Gasteiger partial charge in [-0.3, -0.25) is 4.79 Å². The molecule has 2 nitrogen and oxygen atoms in total. The molecule has 0 fully saturated rings. The van der Waals surface area contributed by atoms with E-state index in [9.17, 15) is 4.79 Å². The molecule has 0 N–H and O–H groups in total. The molecule has 0 aromatic heterocycles. The molecular formula is C6H12NOS. The van der Waals surface area contributed by atoms with Crippen molar-refractivity contribution in [3.05, 3.63) is 5.75 Å². The highest BCUT2D eigenvalue weighted by Crippen LogP contribution is 2.11. The van der Waals surface area contributed by atoms with E-state index in [0.29, 0.717) is 0 Å². The first-order valence-corrected chi connectivity index (χ1v) is 3.76. The minimum Gasteiger partial charge on any atom is -0.340 e. The lowest BCUT2D eigenvalue weighted by molar-refractivity contribution is 0.241. The number of rotatable bonds is 2. The van der Waals surface area contributed by atoms with Crippen LogP contribution in [0.1, 0.15) is 13.3 Å². The summed E-state index contributed by atoms with van der Waals surface area (Å²) in [4.78, 5) is 12.3. The van der Waals surface area contributed by atoms with Crippen LogP contribution in [0, 0.1) is 5.75 Å². The highest BCUT2D eigenvalue weighted by atomic mass is 32.2. The molecule has 0 aliphatic heterocycles. The van der Waals surface area contributed by atoms with Gasteiger partial charge in [-0.15, -0.1) is 0 Å². The van der Waals surface area contributed by atoms with Crippen LogP contribution in [0.3, 0.4) is 0 Å². The van der Waals surface area contributed by atoms with Crippen molar-refractivity contribution >= 4 is 17.0 Å².